The second-order valence-electron chi connectivity index (χ2n) is 4.51. The van der Waals surface area contributed by atoms with Gasteiger partial charge in [0.25, 0.3) is 5.91 Å². The summed E-state index contributed by atoms with van der Waals surface area (Å²) in [7, 11) is 0. The lowest BCUT2D eigenvalue weighted by atomic mass is 10.2. The number of nitrogens with one attached hydrogen (secondary N) is 1. The zero-order valence-electron chi connectivity index (χ0n) is 11.2. The Morgan fingerprint density at radius 3 is 2.45 bits per heavy atom. The van der Waals surface area contributed by atoms with E-state index in [2.05, 4.69) is 10.3 Å². The molecule has 6 heteroatoms. The maximum absolute atomic E-state index is 12.8. The molecule has 0 saturated heterocycles. The first-order valence-electron chi connectivity index (χ1n) is 6.40. The Hall–Kier alpha value is -2.24. The van der Waals surface area contributed by atoms with Crippen LogP contribution in [0.3, 0.4) is 0 Å². The van der Waals surface area contributed by atoms with Crippen molar-refractivity contribution in [3.8, 4) is 11.3 Å². The standard InChI is InChI=1S/C16H10ClFN2OS/c17-12-5-1-10(2-6-12)14-9-22-16(19-14)20-15(21)11-3-7-13(18)8-4-11/h1-9H,(H,19,20,21). The number of thiazole rings is 1. The Balaban J connectivity index is 1.75. The minimum Gasteiger partial charge on any atom is -0.298 e. The number of aromatic nitrogens is 1. The normalized spacial score (nSPS) is 10.5. The van der Waals surface area contributed by atoms with Gasteiger partial charge in [-0.15, -0.1) is 11.3 Å². The summed E-state index contributed by atoms with van der Waals surface area (Å²) in [6.07, 6.45) is 0. The lowest BCUT2D eigenvalue weighted by molar-refractivity contribution is 0.102. The minimum absolute atomic E-state index is 0.322. The molecule has 22 heavy (non-hydrogen) atoms. The first-order valence-corrected chi connectivity index (χ1v) is 7.66. The molecule has 1 N–H and O–H groups in total. The first kappa shape index (κ1) is 14.7. The van der Waals surface area contributed by atoms with Crippen LogP contribution in [0.15, 0.2) is 53.9 Å². The lowest BCUT2D eigenvalue weighted by Gasteiger charge is -2.01. The molecule has 0 radical (unpaired) electrons. The highest BCUT2D eigenvalue weighted by Gasteiger charge is 2.10. The Morgan fingerprint density at radius 2 is 1.77 bits per heavy atom. The molecule has 2 aromatic carbocycles. The van der Waals surface area contributed by atoms with Gasteiger partial charge in [0.1, 0.15) is 5.82 Å². The summed E-state index contributed by atoms with van der Waals surface area (Å²) in [5.41, 5.74) is 2.06. The molecule has 0 fully saturated rings. The van der Waals surface area contributed by atoms with Gasteiger partial charge in [-0.25, -0.2) is 9.37 Å². The van der Waals surface area contributed by atoms with Crippen LogP contribution in [-0.4, -0.2) is 10.9 Å². The zero-order valence-corrected chi connectivity index (χ0v) is 12.8. The predicted octanol–water partition coefficient (Wildman–Crippen LogP) is 4.85. The van der Waals surface area contributed by atoms with Gasteiger partial charge in [-0.05, 0) is 36.4 Å². The fourth-order valence-corrected chi connectivity index (χ4v) is 2.70. The van der Waals surface area contributed by atoms with Crippen molar-refractivity contribution in [2.24, 2.45) is 0 Å². The summed E-state index contributed by atoms with van der Waals surface area (Å²) in [5.74, 6) is -0.701. The molecular formula is C16H10ClFN2OS. The molecule has 0 bridgehead atoms. The number of benzene rings is 2. The molecule has 110 valence electrons. The van der Waals surface area contributed by atoms with Crippen molar-refractivity contribution >= 4 is 34.0 Å². The molecule has 3 nitrogen and oxygen atoms in total. The Morgan fingerprint density at radius 1 is 1.09 bits per heavy atom. The van der Waals surface area contributed by atoms with Crippen molar-refractivity contribution < 1.29 is 9.18 Å². The molecule has 0 aliphatic carbocycles. The van der Waals surface area contributed by atoms with Crippen molar-refractivity contribution in [1.82, 2.24) is 4.98 Å². The number of carbonyl (C=O) groups is 1. The molecule has 3 aromatic rings. The van der Waals surface area contributed by atoms with E-state index in [1.54, 1.807) is 12.1 Å². The number of anilines is 1. The van der Waals surface area contributed by atoms with Gasteiger partial charge < -0.3 is 0 Å². The maximum Gasteiger partial charge on any atom is 0.257 e. The smallest absolute Gasteiger partial charge is 0.257 e. The van der Waals surface area contributed by atoms with E-state index in [0.717, 1.165) is 11.3 Å². The second-order valence-corrected chi connectivity index (χ2v) is 5.80. The highest BCUT2D eigenvalue weighted by atomic mass is 35.5. The molecule has 0 atom stereocenters. The fraction of sp³-hybridized carbons (Fsp3) is 0. The monoisotopic (exact) mass is 332 g/mol. The molecule has 1 heterocycles. The van der Waals surface area contributed by atoms with Gasteiger partial charge in [0.2, 0.25) is 0 Å². The van der Waals surface area contributed by atoms with E-state index in [9.17, 15) is 9.18 Å². The summed E-state index contributed by atoms with van der Waals surface area (Å²) in [6.45, 7) is 0. The van der Waals surface area contributed by atoms with Crippen LogP contribution in [0, 0.1) is 5.82 Å². The van der Waals surface area contributed by atoms with Crippen molar-refractivity contribution in [3.05, 3.63) is 70.3 Å². The molecule has 0 aliphatic rings. The predicted molar refractivity (Wildman–Crippen MR) is 86.9 cm³/mol. The third kappa shape index (κ3) is 3.32. The van der Waals surface area contributed by atoms with Crippen LogP contribution < -0.4 is 5.32 Å². The number of hydrogen-bond acceptors (Lipinski definition) is 3. The number of halogens is 2. The molecule has 0 aliphatic heterocycles. The highest BCUT2D eigenvalue weighted by molar-refractivity contribution is 7.14. The fourth-order valence-electron chi connectivity index (χ4n) is 1.85. The van der Waals surface area contributed by atoms with E-state index in [4.69, 9.17) is 11.6 Å². The van der Waals surface area contributed by atoms with Crippen LogP contribution in [0.4, 0.5) is 9.52 Å². The van der Waals surface area contributed by atoms with E-state index < -0.39 is 0 Å². The Kier molecular flexibility index (Phi) is 4.18. The number of nitrogens with zero attached hydrogens (tertiary/aromatic N) is 1. The first-order chi connectivity index (χ1) is 10.6. The quantitative estimate of drug-likeness (QED) is 0.744. The van der Waals surface area contributed by atoms with E-state index in [1.807, 2.05) is 17.5 Å². The number of hydrogen-bond donors (Lipinski definition) is 1. The SMILES string of the molecule is O=C(Nc1nc(-c2ccc(Cl)cc2)cs1)c1ccc(F)cc1. The van der Waals surface area contributed by atoms with Gasteiger partial charge in [0.05, 0.1) is 5.69 Å². The molecule has 3 rings (SSSR count). The highest BCUT2D eigenvalue weighted by Crippen LogP contribution is 2.26. The molecule has 1 amide bonds. The third-order valence-corrected chi connectivity index (χ3v) is 3.98. The third-order valence-electron chi connectivity index (χ3n) is 2.97. The minimum atomic E-state index is -0.379. The van der Waals surface area contributed by atoms with Crippen molar-refractivity contribution in [2.45, 2.75) is 0 Å². The number of amides is 1. The van der Waals surface area contributed by atoms with Crippen LogP contribution in [0.25, 0.3) is 11.3 Å². The average molecular weight is 333 g/mol. The summed E-state index contributed by atoms with van der Waals surface area (Å²) >= 11 is 7.18. The Bertz CT molecular complexity index is 800. The van der Waals surface area contributed by atoms with Gasteiger partial charge in [-0.3, -0.25) is 10.1 Å². The van der Waals surface area contributed by atoms with E-state index >= 15 is 0 Å². The summed E-state index contributed by atoms with van der Waals surface area (Å²) in [4.78, 5) is 16.4. The molecular weight excluding hydrogens is 323 g/mol. The summed E-state index contributed by atoms with van der Waals surface area (Å²) in [6, 6.07) is 12.6. The van der Waals surface area contributed by atoms with Crippen LogP contribution in [0.5, 0.6) is 0 Å². The molecule has 0 unspecified atom stereocenters. The average Bonchev–Trinajstić information content (AvgIpc) is 2.97. The summed E-state index contributed by atoms with van der Waals surface area (Å²) in [5, 5.41) is 5.69. The van der Waals surface area contributed by atoms with Crippen LogP contribution in [-0.2, 0) is 0 Å². The van der Waals surface area contributed by atoms with Gasteiger partial charge in [0, 0.05) is 21.5 Å². The van der Waals surface area contributed by atoms with Crippen LogP contribution >= 0.6 is 22.9 Å². The van der Waals surface area contributed by atoms with Gasteiger partial charge in [0.15, 0.2) is 5.13 Å². The van der Waals surface area contributed by atoms with E-state index in [1.165, 1.54) is 35.6 Å². The number of rotatable bonds is 3. The number of carbonyl (C=O) groups excluding carboxylic acids is 1. The topological polar surface area (TPSA) is 42.0 Å². The van der Waals surface area contributed by atoms with Gasteiger partial charge in [-0.2, -0.15) is 0 Å². The molecule has 0 saturated carbocycles. The van der Waals surface area contributed by atoms with Crippen LogP contribution in [0.1, 0.15) is 10.4 Å². The summed E-state index contributed by atoms with van der Waals surface area (Å²) < 4.78 is 12.8. The van der Waals surface area contributed by atoms with Crippen LogP contribution in [0.2, 0.25) is 5.02 Å². The second kappa shape index (κ2) is 6.25. The largest absolute Gasteiger partial charge is 0.298 e. The maximum atomic E-state index is 12.8. The Labute approximate surface area is 135 Å². The zero-order chi connectivity index (χ0) is 15.5. The van der Waals surface area contributed by atoms with Crippen molar-refractivity contribution in [3.63, 3.8) is 0 Å². The van der Waals surface area contributed by atoms with Gasteiger partial charge in [-0.1, -0.05) is 23.7 Å². The van der Waals surface area contributed by atoms with Crippen molar-refractivity contribution in [2.75, 3.05) is 5.32 Å². The van der Waals surface area contributed by atoms with E-state index in [-0.39, 0.29) is 11.7 Å². The lowest BCUT2D eigenvalue weighted by Crippen LogP contribution is -2.11. The molecule has 1 aromatic heterocycles. The van der Waals surface area contributed by atoms with E-state index in [0.29, 0.717) is 15.7 Å². The van der Waals surface area contributed by atoms with Crippen molar-refractivity contribution in [1.29, 1.82) is 0 Å². The van der Waals surface area contributed by atoms with Gasteiger partial charge >= 0.3 is 0 Å². The molecule has 0 spiro atoms.